The first-order valence-electron chi connectivity index (χ1n) is 10.5. The standard InChI is InChI=1S/C23H30N4OS/c1-18-10-11-24-22(17-18)27-15-13-26(14-16-27)12-6-5-9-21-23(28)25(2)19-7-3-4-8-20(19)29-21/h3-4,7-8,10-11,17,21H,5-6,9,12-16H2,1-2H3. The Kier molecular flexibility index (Phi) is 6.40. The van der Waals surface area contributed by atoms with E-state index in [0.29, 0.717) is 0 Å². The summed E-state index contributed by atoms with van der Waals surface area (Å²) in [4.78, 5) is 25.2. The van der Waals surface area contributed by atoms with Crippen LogP contribution in [0.25, 0.3) is 0 Å². The Morgan fingerprint density at radius 2 is 1.90 bits per heavy atom. The van der Waals surface area contributed by atoms with Crippen LogP contribution in [-0.2, 0) is 4.79 Å². The Morgan fingerprint density at radius 1 is 1.10 bits per heavy atom. The number of hydrogen-bond donors (Lipinski definition) is 0. The second kappa shape index (κ2) is 9.18. The summed E-state index contributed by atoms with van der Waals surface area (Å²) in [5, 5.41) is 0.0548. The van der Waals surface area contributed by atoms with Gasteiger partial charge in [0.15, 0.2) is 0 Å². The second-order valence-electron chi connectivity index (χ2n) is 7.99. The van der Waals surface area contributed by atoms with E-state index in [0.717, 1.165) is 63.5 Å². The van der Waals surface area contributed by atoms with Crippen LogP contribution in [0, 0.1) is 6.92 Å². The van der Waals surface area contributed by atoms with Crippen molar-refractivity contribution in [2.45, 2.75) is 36.3 Å². The zero-order valence-corrected chi connectivity index (χ0v) is 18.2. The van der Waals surface area contributed by atoms with E-state index < -0.39 is 0 Å². The summed E-state index contributed by atoms with van der Waals surface area (Å²) < 4.78 is 0. The molecule has 0 saturated carbocycles. The van der Waals surface area contributed by atoms with Gasteiger partial charge in [0.05, 0.1) is 10.9 Å². The molecule has 1 saturated heterocycles. The van der Waals surface area contributed by atoms with Crippen LogP contribution in [0.3, 0.4) is 0 Å². The second-order valence-corrected chi connectivity index (χ2v) is 9.23. The number of hydrogen-bond acceptors (Lipinski definition) is 5. The number of para-hydroxylation sites is 1. The van der Waals surface area contributed by atoms with Crippen LogP contribution in [0.5, 0.6) is 0 Å². The van der Waals surface area contributed by atoms with Crippen molar-refractivity contribution in [3.8, 4) is 0 Å². The predicted octanol–water partition coefficient (Wildman–Crippen LogP) is 3.82. The molecule has 2 aliphatic rings. The summed E-state index contributed by atoms with van der Waals surface area (Å²) in [6, 6.07) is 12.4. The van der Waals surface area contributed by atoms with Gasteiger partial charge in [0.25, 0.3) is 0 Å². The molecule has 3 heterocycles. The maximum Gasteiger partial charge on any atom is 0.240 e. The molecule has 4 rings (SSSR count). The number of unbranched alkanes of at least 4 members (excludes halogenated alkanes) is 1. The molecule has 2 aromatic rings. The molecule has 0 aliphatic carbocycles. The van der Waals surface area contributed by atoms with Gasteiger partial charge in [-0.25, -0.2) is 4.98 Å². The van der Waals surface area contributed by atoms with E-state index in [1.165, 1.54) is 10.5 Å². The lowest BCUT2D eigenvalue weighted by Gasteiger charge is -2.35. The number of carbonyl (C=O) groups is 1. The van der Waals surface area contributed by atoms with E-state index >= 15 is 0 Å². The lowest BCUT2D eigenvalue weighted by Crippen LogP contribution is -2.47. The van der Waals surface area contributed by atoms with Gasteiger partial charge in [0.2, 0.25) is 5.91 Å². The number of amides is 1. The lowest BCUT2D eigenvalue weighted by molar-refractivity contribution is -0.118. The van der Waals surface area contributed by atoms with Gasteiger partial charge in [-0.1, -0.05) is 18.6 Å². The van der Waals surface area contributed by atoms with Crippen molar-refractivity contribution in [1.82, 2.24) is 9.88 Å². The van der Waals surface area contributed by atoms with E-state index in [-0.39, 0.29) is 11.2 Å². The van der Waals surface area contributed by atoms with E-state index in [2.05, 4.69) is 39.9 Å². The van der Waals surface area contributed by atoms with Gasteiger partial charge in [-0.2, -0.15) is 0 Å². The summed E-state index contributed by atoms with van der Waals surface area (Å²) >= 11 is 1.74. The minimum atomic E-state index is 0.0548. The highest BCUT2D eigenvalue weighted by molar-refractivity contribution is 8.01. The molecule has 154 valence electrons. The summed E-state index contributed by atoms with van der Waals surface area (Å²) in [7, 11) is 1.90. The lowest BCUT2D eigenvalue weighted by atomic mass is 10.1. The highest BCUT2D eigenvalue weighted by Crippen LogP contribution is 2.39. The van der Waals surface area contributed by atoms with Crippen LogP contribution in [0.4, 0.5) is 11.5 Å². The number of pyridine rings is 1. The number of rotatable bonds is 6. The maximum atomic E-state index is 12.7. The van der Waals surface area contributed by atoms with Crippen molar-refractivity contribution in [2.75, 3.05) is 49.6 Å². The average Bonchev–Trinajstić information content (AvgIpc) is 2.75. The largest absolute Gasteiger partial charge is 0.354 e. The number of nitrogens with zero attached hydrogens (tertiary/aromatic N) is 4. The van der Waals surface area contributed by atoms with Crippen molar-refractivity contribution in [1.29, 1.82) is 0 Å². The minimum Gasteiger partial charge on any atom is -0.354 e. The van der Waals surface area contributed by atoms with E-state index in [1.54, 1.807) is 11.8 Å². The first-order chi connectivity index (χ1) is 14.1. The van der Waals surface area contributed by atoms with Crippen LogP contribution in [-0.4, -0.2) is 60.8 Å². The third-order valence-electron chi connectivity index (χ3n) is 5.89. The normalized spacial score (nSPS) is 20.1. The van der Waals surface area contributed by atoms with E-state index in [9.17, 15) is 4.79 Å². The fourth-order valence-corrected chi connectivity index (χ4v) is 5.45. The minimum absolute atomic E-state index is 0.0548. The summed E-state index contributed by atoms with van der Waals surface area (Å²) in [6.07, 6.45) is 5.10. The van der Waals surface area contributed by atoms with E-state index in [1.807, 2.05) is 36.3 Å². The fraction of sp³-hybridized carbons (Fsp3) is 0.478. The zero-order valence-electron chi connectivity index (χ0n) is 17.4. The molecule has 1 aromatic heterocycles. The van der Waals surface area contributed by atoms with Gasteiger partial charge in [-0.05, 0) is 56.1 Å². The van der Waals surface area contributed by atoms with Gasteiger partial charge >= 0.3 is 0 Å². The fourth-order valence-electron chi connectivity index (χ4n) is 4.11. The number of thioether (sulfide) groups is 1. The molecule has 29 heavy (non-hydrogen) atoms. The molecule has 1 unspecified atom stereocenters. The number of piperazine rings is 1. The van der Waals surface area contributed by atoms with Crippen molar-refractivity contribution >= 4 is 29.2 Å². The number of anilines is 2. The summed E-state index contributed by atoms with van der Waals surface area (Å²) in [5.41, 5.74) is 2.31. The number of aromatic nitrogens is 1. The Balaban J connectivity index is 1.19. The van der Waals surface area contributed by atoms with Crippen LogP contribution in [0.2, 0.25) is 0 Å². The van der Waals surface area contributed by atoms with Crippen molar-refractivity contribution < 1.29 is 4.79 Å². The van der Waals surface area contributed by atoms with Gasteiger partial charge < -0.3 is 9.80 Å². The highest BCUT2D eigenvalue weighted by Gasteiger charge is 2.30. The number of benzene rings is 1. The molecule has 0 spiro atoms. The Morgan fingerprint density at radius 3 is 2.69 bits per heavy atom. The highest BCUT2D eigenvalue weighted by atomic mass is 32.2. The molecule has 1 fully saturated rings. The molecule has 0 N–H and O–H groups in total. The van der Waals surface area contributed by atoms with Crippen molar-refractivity contribution in [2.24, 2.45) is 0 Å². The topological polar surface area (TPSA) is 39.7 Å². The SMILES string of the molecule is Cc1ccnc(N2CCN(CCCCC3Sc4ccccc4N(C)C3=O)CC2)c1. The molecule has 1 atom stereocenters. The van der Waals surface area contributed by atoms with Crippen LogP contribution in [0.1, 0.15) is 24.8 Å². The average molecular weight is 411 g/mol. The van der Waals surface area contributed by atoms with E-state index in [4.69, 9.17) is 0 Å². The van der Waals surface area contributed by atoms with Crippen LogP contribution in [0.15, 0.2) is 47.5 Å². The van der Waals surface area contributed by atoms with Gasteiger partial charge in [0, 0.05) is 44.3 Å². The molecule has 2 aliphatic heterocycles. The molecule has 1 aromatic carbocycles. The first kappa shape index (κ1) is 20.2. The van der Waals surface area contributed by atoms with Crippen molar-refractivity contribution in [3.63, 3.8) is 0 Å². The maximum absolute atomic E-state index is 12.7. The molecular weight excluding hydrogens is 380 g/mol. The monoisotopic (exact) mass is 410 g/mol. The Labute approximate surface area is 178 Å². The third-order valence-corrected chi connectivity index (χ3v) is 7.21. The third kappa shape index (κ3) is 4.75. The number of carbonyl (C=O) groups excluding carboxylic acids is 1. The Bertz CT molecular complexity index is 850. The molecule has 0 bridgehead atoms. The number of aryl methyl sites for hydroxylation is 1. The van der Waals surface area contributed by atoms with Crippen LogP contribution >= 0.6 is 11.8 Å². The summed E-state index contributed by atoms with van der Waals surface area (Å²) in [5.74, 6) is 1.34. The van der Waals surface area contributed by atoms with Gasteiger partial charge in [-0.15, -0.1) is 11.8 Å². The Hall–Kier alpha value is -2.05. The van der Waals surface area contributed by atoms with Crippen molar-refractivity contribution in [3.05, 3.63) is 48.2 Å². The zero-order chi connectivity index (χ0) is 20.2. The molecule has 0 radical (unpaired) electrons. The molecule has 5 nitrogen and oxygen atoms in total. The summed E-state index contributed by atoms with van der Waals surface area (Å²) in [6.45, 7) is 7.48. The van der Waals surface area contributed by atoms with Gasteiger partial charge in [-0.3, -0.25) is 9.69 Å². The predicted molar refractivity (Wildman–Crippen MR) is 121 cm³/mol. The van der Waals surface area contributed by atoms with Gasteiger partial charge in [0.1, 0.15) is 5.82 Å². The molecule has 6 heteroatoms. The molecular formula is C23H30N4OS. The number of fused-ring (bicyclic) bond motifs is 1. The first-order valence-corrected chi connectivity index (χ1v) is 11.4. The smallest absolute Gasteiger partial charge is 0.240 e. The van der Waals surface area contributed by atoms with Crippen LogP contribution < -0.4 is 9.80 Å². The quantitative estimate of drug-likeness (QED) is 0.677. The molecule has 1 amide bonds.